The maximum absolute atomic E-state index is 12.4. The van der Waals surface area contributed by atoms with Crippen LogP contribution in [0, 0.1) is 6.92 Å². The van der Waals surface area contributed by atoms with Gasteiger partial charge in [-0.25, -0.2) is 13.1 Å². The summed E-state index contributed by atoms with van der Waals surface area (Å²) in [6.07, 6.45) is 1.56. The molecule has 0 spiro atoms. The van der Waals surface area contributed by atoms with Crippen LogP contribution in [0.4, 0.5) is 0 Å². The molecule has 2 heterocycles. The Morgan fingerprint density at radius 1 is 1.35 bits per heavy atom. The van der Waals surface area contributed by atoms with Crippen molar-refractivity contribution in [2.75, 3.05) is 6.61 Å². The molecule has 0 N–H and O–H groups in total. The molecule has 1 saturated heterocycles. The van der Waals surface area contributed by atoms with Gasteiger partial charge in [0.05, 0.1) is 23.7 Å². The van der Waals surface area contributed by atoms with Crippen LogP contribution in [0.25, 0.3) is 0 Å². The summed E-state index contributed by atoms with van der Waals surface area (Å²) in [6.45, 7) is 4.51. The van der Waals surface area contributed by atoms with Gasteiger partial charge in [0.2, 0.25) is 14.9 Å². The standard InChI is InChI=1S/C13H15N3O3S/c1-9-3-5-11(6-4-9)20(17,18)13-7-16(15-14-13)10(2)12-8-19-12/h3-7,10,12H,8H2,1-2H3. The van der Waals surface area contributed by atoms with Crippen molar-refractivity contribution in [3.63, 3.8) is 0 Å². The van der Waals surface area contributed by atoms with Crippen molar-refractivity contribution in [3.8, 4) is 0 Å². The van der Waals surface area contributed by atoms with Crippen LogP contribution in [0.1, 0.15) is 18.5 Å². The van der Waals surface area contributed by atoms with Crippen LogP contribution in [0.5, 0.6) is 0 Å². The second-order valence-corrected chi connectivity index (χ2v) is 6.86. The van der Waals surface area contributed by atoms with Crippen LogP contribution >= 0.6 is 0 Å². The van der Waals surface area contributed by atoms with Crippen LogP contribution in [-0.4, -0.2) is 36.1 Å². The number of hydrogen-bond donors (Lipinski definition) is 0. The van der Waals surface area contributed by atoms with Crippen molar-refractivity contribution < 1.29 is 13.2 Å². The van der Waals surface area contributed by atoms with E-state index in [4.69, 9.17) is 4.74 Å². The zero-order valence-electron chi connectivity index (χ0n) is 11.2. The third-order valence-corrected chi connectivity index (χ3v) is 5.04. The summed E-state index contributed by atoms with van der Waals surface area (Å²) in [6, 6.07) is 6.67. The topological polar surface area (TPSA) is 77.4 Å². The lowest BCUT2D eigenvalue weighted by Crippen LogP contribution is -2.11. The molecule has 1 aromatic heterocycles. The van der Waals surface area contributed by atoms with Crippen LogP contribution in [0.15, 0.2) is 40.4 Å². The van der Waals surface area contributed by atoms with Crippen LogP contribution < -0.4 is 0 Å². The number of ether oxygens (including phenoxy) is 1. The molecular weight excluding hydrogens is 278 g/mol. The smallest absolute Gasteiger partial charge is 0.227 e. The van der Waals surface area contributed by atoms with Gasteiger partial charge in [-0.1, -0.05) is 22.9 Å². The highest BCUT2D eigenvalue weighted by Crippen LogP contribution is 2.25. The maximum Gasteiger partial charge on any atom is 0.227 e. The predicted octanol–water partition coefficient (Wildman–Crippen LogP) is 1.38. The van der Waals surface area contributed by atoms with Gasteiger partial charge in [0.15, 0.2) is 0 Å². The zero-order chi connectivity index (χ0) is 14.3. The highest BCUT2D eigenvalue weighted by molar-refractivity contribution is 7.91. The third kappa shape index (κ3) is 2.34. The Labute approximate surface area is 117 Å². The van der Waals surface area contributed by atoms with Crippen molar-refractivity contribution in [2.45, 2.75) is 35.9 Å². The predicted molar refractivity (Wildman–Crippen MR) is 71.1 cm³/mol. The van der Waals surface area contributed by atoms with E-state index in [0.29, 0.717) is 6.61 Å². The molecule has 1 fully saturated rings. The summed E-state index contributed by atoms with van der Waals surface area (Å²) >= 11 is 0. The Morgan fingerprint density at radius 3 is 2.60 bits per heavy atom. The molecule has 20 heavy (non-hydrogen) atoms. The van der Waals surface area contributed by atoms with Gasteiger partial charge in [0.1, 0.15) is 6.10 Å². The Kier molecular flexibility index (Phi) is 3.10. The summed E-state index contributed by atoms with van der Waals surface area (Å²) in [5.41, 5.74) is 1.01. The first-order valence-corrected chi connectivity index (χ1v) is 7.82. The molecule has 0 saturated carbocycles. The molecule has 2 atom stereocenters. The molecule has 1 aromatic carbocycles. The lowest BCUT2D eigenvalue weighted by atomic mass is 10.2. The highest BCUT2D eigenvalue weighted by atomic mass is 32.2. The molecular formula is C13H15N3O3S. The molecule has 2 aromatic rings. The monoisotopic (exact) mass is 293 g/mol. The third-order valence-electron chi connectivity index (χ3n) is 3.41. The number of aromatic nitrogens is 3. The van der Waals surface area contributed by atoms with Gasteiger partial charge in [-0.05, 0) is 26.0 Å². The van der Waals surface area contributed by atoms with Crippen molar-refractivity contribution in [2.24, 2.45) is 0 Å². The maximum atomic E-state index is 12.4. The van der Waals surface area contributed by atoms with E-state index >= 15 is 0 Å². The summed E-state index contributed by atoms with van der Waals surface area (Å²) in [5, 5.41) is 7.65. The van der Waals surface area contributed by atoms with E-state index in [0.717, 1.165) is 5.56 Å². The van der Waals surface area contributed by atoms with E-state index in [1.165, 1.54) is 6.20 Å². The Hall–Kier alpha value is -1.73. The van der Waals surface area contributed by atoms with Gasteiger partial charge in [0.25, 0.3) is 0 Å². The van der Waals surface area contributed by atoms with Crippen molar-refractivity contribution >= 4 is 9.84 Å². The average molecular weight is 293 g/mol. The second kappa shape index (κ2) is 4.68. The first kappa shape index (κ1) is 13.3. The largest absolute Gasteiger partial charge is 0.371 e. The minimum Gasteiger partial charge on any atom is -0.371 e. The molecule has 106 valence electrons. The van der Waals surface area contributed by atoms with Gasteiger partial charge in [0, 0.05) is 0 Å². The lowest BCUT2D eigenvalue weighted by Gasteiger charge is -2.06. The Balaban J connectivity index is 1.93. The summed E-state index contributed by atoms with van der Waals surface area (Å²) in [7, 11) is -3.61. The number of rotatable bonds is 4. The second-order valence-electron chi connectivity index (χ2n) is 4.97. The Morgan fingerprint density at radius 2 is 2.00 bits per heavy atom. The first-order chi connectivity index (χ1) is 9.48. The van der Waals surface area contributed by atoms with Gasteiger partial charge in [-0.2, -0.15) is 0 Å². The zero-order valence-corrected chi connectivity index (χ0v) is 12.0. The molecule has 7 heteroatoms. The highest BCUT2D eigenvalue weighted by Gasteiger charge is 2.32. The average Bonchev–Trinajstić information content (AvgIpc) is 3.14. The van der Waals surface area contributed by atoms with E-state index in [1.54, 1.807) is 28.9 Å². The number of benzene rings is 1. The molecule has 0 bridgehead atoms. The van der Waals surface area contributed by atoms with Crippen molar-refractivity contribution in [1.29, 1.82) is 0 Å². The van der Waals surface area contributed by atoms with E-state index in [2.05, 4.69) is 10.3 Å². The molecule has 1 aliphatic heterocycles. The van der Waals surface area contributed by atoms with E-state index < -0.39 is 9.84 Å². The van der Waals surface area contributed by atoms with Crippen LogP contribution in [0.3, 0.4) is 0 Å². The van der Waals surface area contributed by atoms with Crippen molar-refractivity contribution in [3.05, 3.63) is 36.0 Å². The van der Waals surface area contributed by atoms with Gasteiger partial charge in [-0.15, -0.1) is 5.10 Å². The summed E-state index contributed by atoms with van der Waals surface area (Å²) in [4.78, 5) is 0.227. The molecule has 0 amide bonds. The number of sulfone groups is 1. The van der Waals surface area contributed by atoms with Gasteiger partial charge in [-0.3, -0.25) is 0 Å². The molecule has 0 radical (unpaired) electrons. The number of nitrogens with zero attached hydrogens (tertiary/aromatic N) is 3. The fourth-order valence-corrected chi connectivity index (χ4v) is 3.05. The molecule has 1 aliphatic rings. The van der Waals surface area contributed by atoms with E-state index in [1.807, 2.05) is 13.8 Å². The normalized spacial score (nSPS) is 19.8. The van der Waals surface area contributed by atoms with Crippen LogP contribution in [-0.2, 0) is 14.6 Å². The molecule has 6 nitrogen and oxygen atoms in total. The van der Waals surface area contributed by atoms with Gasteiger partial charge >= 0.3 is 0 Å². The minimum absolute atomic E-state index is 0.00975. The lowest BCUT2D eigenvalue weighted by molar-refractivity contribution is 0.322. The number of epoxide rings is 1. The Bertz CT molecular complexity index is 718. The summed E-state index contributed by atoms with van der Waals surface area (Å²) in [5.74, 6) is 0. The van der Waals surface area contributed by atoms with Crippen LogP contribution in [0.2, 0.25) is 0 Å². The summed E-state index contributed by atoms with van der Waals surface area (Å²) < 4.78 is 31.6. The quantitative estimate of drug-likeness (QED) is 0.796. The fraction of sp³-hybridized carbons (Fsp3) is 0.385. The number of hydrogen-bond acceptors (Lipinski definition) is 5. The molecule has 2 unspecified atom stereocenters. The van der Waals surface area contributed by atoms with Crippen molar-refractivity contribution in [1.82, 2.24) is 15.0 Å². The van der Waals surface area contributed by atoms with E-state index in [9.17, 15) is 8.42 Å². The molecule has 3 rings (SSSR count). The number of aryl methyl sites for hydroxylation is 1. The minimum atomic E-state index is -3.61. The van der Waals surface area contributed by atoms with E-state index in [-0.39, 0.29) is 22.1 Å². The first-order valence-electron chi connectivity index (χ1n) is 6.33. The molecule has 0 aliphatic carbocycles. The SMILES string of the molecule is Cc1ccc(S(=O)(=O)c2cn(C(C)C3CO3)nn2)cc1. The fourth-order valence-electron chi connectivity index (χ4n) is 1.93. The van der Waals surface area contributed by atoms with Gasteiger partial charge < -0.3 is 4.74 Å².